The maximum absolute atomic E-state index is 13.5. The molecule has 0 bridgehead atoms. The number of carbonyl (C=O) groups is 1. The first-order valence-electron chi connectivity index (χ1n) is 9.68. The number of carbonyl (C=O) groups excluding carboxylic acids is 1. The summed E-state index contributed by atoms with van der Waals surface area (Å²) >= 11 is 1.88. The number of thioether (sulfide) groups is 1. The molecule has 0 aliphatic carbocycles. The number of hydrogen-bond acceptors (Lipinski definition) is 4. The van der Waals surface area contributed by atoms with E-state index in [-0.39, 0.29) is 5.91 Å². The van der Waals surface area contributed by atoms with Crippen LogP contribution in [0.3, 0.4) is 0 Å². The van der Waals surface area contributed by atoms with Crippen LogP contribution in [0.25, 0.3) is 0 Å². The largest absolute Gasteiger partial charge is 0.297 e. The van der Waals surface area contributed by atoms with Gasteiger partial charge in [-0.3, -0.25) is 9.69 Å². The standard InChI is InChI=1S/C19H23F2N3OS.C2H6/c1-13(10-23-11-17(12-23)26-2)3-4-19(25)24-18(5-6-22-24)14-7-15(20)9-16(21)8-14;1-2/h6-9,17-18H,1,3-5,10-12H2,2H3;1-2H3. The number of likely N-dealkylation sites (tertiary alicyclic amines) is 1. The molecule has 2 heterocycles. The van der Waals surface area contributed by atoms with Gasteiger partial charge >= 0.3 is 0 Å². The number of amides is 1. The highest BCUT2D eigenvalue weighted by Gasteiger charge is 2.29. The summed E-state index contributed by atoms with van der Waals surface area (Å²) in [6, 6.07) is 2.90. The van der Waals surface area contributed by atoms with Crippen LogP contribution >= 0.6 is 11.8 Å². The van der Waals surface area contributed by atoms with Crippen LogP contribution < -0.4 is 0 Å². The predicted octanol–water partition coefficient (Wildman–Crippen LogP) is 4.63. The summed E-state index contributed by atoms with van der Waals surface area (Å²) in [7, 11) is 0. The summed E-state index contributed by atoms with van der Waals surface area (Å²) in [5.74, 6) is -1.45. The number of benzene rings is 1. The Balaban J connectivity index is 0.00000136. The molecule has 4 nitrogen and oxygen atoms in total. The highest BCUT2D eigenvalue weighted by Crippen LogP contribution is 2.30. The van der Waals surface area contributed by atoms with Gasteiger partial charge in [-0.2, -0.15) is 16.9 Å². The fourth-order valence-corrected chi connectivity index (χ4v) is 4.01. The quantitative estimate of drug-likeness (QED) is 0.616. The Bertz CT molecular complexity index is 699. The van der Waals surface area contributed by atoms with Crippen LogP contribution in [0, 0.1) is 11.6 Å². The maximum Gasteiger partial charge on any atom is 0.243 e. The summed E-state index contributed by atoms with van der Waals surface area (Å²) in [6.45, 7) is 11.0. The predicted molar refractivity (Wildman–Crippen MR) is 113 cm³/mol. The number of hydrazone groups is 1. The van der Waals surface area contributed by atoms with E-state index in [0.717, 1.165) is 31.3 Å². The Kier molecular flexibility index (Phi) is 8.63. The molecule has 2 aliphatic rings. The van der Waals surface area contributed by atoms with Crippen LogP contribution in [-0.4, -0.2) is 53.2 Å². The average Bonchev–Trinajstić information content (AvgIpc) is 3.13. The van der Waals surface area contributed by atoms with Gasteiger partial charge in [0.25, 0.3) is 0 Å². The van der Waals surface area contributed by atoms with Crippen molar-refractivity contribution in [3.63, 3.8) is 0 Å². The molecule has 2 aliphatic heterocycles. The molecule has 0 radical (unpaired) electrons. The topological polar surface area (TPSA) is 35.9 Å². The summed E-state index contributed by atoms with van der Waals surface area (Å²) in [5.41, 5.74) is 1.45. The van der Waals surface area contributed by atoms with Gasteiger partial charge in [0, 0.05) is 50.0 Å². The lowest BCUT2D eigenvalue weighted by Crippen LogP contribution is -2.49. The fourth-order valence-electron chi connectivity index (χ4n) is 3.29. The summed E-state index contributed by atoms with van der Waals surface area (Å²) < 4.78 is 27.0. The van der Waals surface area contributed by atoms with E-state index in [1.165, 1.54) is 17.1 Å². The van der Waals surface area contributed by atoms with Crippen LogP contribution in [0.15, 0.2) is 35.5 Å². The van der Waals surface area contributed by atoms with E-state index in [2.05, 4.69) is 22.8 Å². The van der Waals surface area contributed by atoms with Crippen LogP contribution in [-0.2, 0) is 4.79 Å². The van der Waals surface area contributed by atoms with Crippen molar-refractivity contribution in [2.24, 2.45) is 5.10 Å². The smallest absolute Gasteiger partial charge is 0.243 e. The van der Waals surface area contributed by atoms with Crippen LogP contribution in [0.2, 0.25) is 0 Å². The monoisotopic (exact) mass is 409 g/mol. The van der Waals surface area contributed by atoms with Gasteiger partial charge in [-0.1, -0.05) is 26.0 Å². The Hall–Kier alpha value is -1.73. The zero-order valence-electron chi connectivity index (χ0n) is 16.8. The highest BCUT2D eigenvalue weighted by atomic mass is 32.2. The van der Waals surface area contributed by atoms with Gasteiger partial charge in [-0.25, -0.2) is 13.8 Å². The molecular weight excluding hydrogens is 380 g/mol. The first kappa shape index (κ1) is 22.6. The molecule has 7 heteroatoms. The fraction of sp³-hybridized carbons (Fsp3) is 0.524. The van der Waals surface area contributed by atoms with Crippen LogP contribution in [0.1, 0.15) is 44.7 Å². The van der Waals surface area contributed by atoms with Crippen molar-refractivity contribution < 1.29 is 13.6 Å². The van der Waals surface area contributed by atoms with Gasteiger partial charge in [0.1, 0.15) is 11.6 Å². The second-order valence-corrected chi connectivity index (χ2v) is 7.93. The molecule has 1 atom stereocenters. The minimum atomic E-state index is -0.647. The SMILES string of the molecule is C=C(CCC(=O)N1N=CCC1c1cc(F)cc(F)c1)CN1CC(SC)C1.CC. The first-order valence-corrected chi connectivity index (χ1v) is 11.0. The summed E-state index contributed by atoms with van der Waals surface area (Å²) in [4.78, 5) is 14.9. The van der Waals surface area contributed by atoms with Crippen molar-refractivity contribution in [2.75, 3.05) is 25.9 Å². The van der Waals surface area contributed by atoms with E-state index in [1.54, 1.807) is 6.21 Å². The first-order chi connectivity index (χ1) is 13.5. The molecular formula is C21H29F2N3OS. The molecule has 1 fully saturated rings. The van der Waals surface area contributed by atoms with Crippen molar-refractivity contribution in [3.8, 4) is 0 Å². The maximum atomic E-state index is 13.5. The van der Waals surface area contributed by atoms with E-state index in [1.807, 2.05) is 25.6 Å². The Labute approximate surface area is 170 Å². The number of nitrogens with zero attached hydrogens (tertiary/aromatic N) is 3. The highest BCUT2D eigenvalue weighted by molar-refractivity contribution is 7.99. The number of hydrogen-bond donors (Lipinski definition) is 0. The van der Waals surface area contributed by atoms with E-state index in [4.69, 9.17) is 0 Å². The molecule has 0 saturated carbocycles. The molecule has 1 aromatic carbocycles. The zero-order chi connectivity index (χ0) is 20.7. The second kappa shape index (κ2) is 10.7. The Morgan fingerprint density at radius 1 is 1.21 bits per heavy atom. The number of rotatable bonds is 7. The minimum absolute atomic E-state index is 0.153. The zero-order valence-corrected chi connectivity index (χ0v) is 17.6. The van der Waals surface area contributed by atoms with Crippen LogP contribution in [0.4, 0.5) is 8.78 Å². The molecule has 1 amide bonds. The summed E-state index contributed by atoms with van der Waals surface area (Å²) in [6.07, 6.45) is 5.08. The molecule has 0 spiro atoms. The second-order valence-electron chi connectivity index (χ2n) is 6.79. The Morgan fingerprint density at radius 2 is 1.86 bits per heavy atom. The van der Waals surface area contributed by atoms with Gasteiger partial charge in [-0.05, 0) is 30.4 Å². The van der Waals surface area contributed by atoms with Crippen molar-refractivity contribution in [1.82, 2.24) is 9.91 Å². The lowest BCUT2D eigenvalue weighted by molar-refractivity contribution is -0.133. The molecule has 3 rings (SSSR count). The lowest BCUT2D eigenvalue weighted by Gasteiger charge is -2.38. The van der Waals surface area contributed by atoms with Gasteiger partial charge in [0.05, 0.1) is 6.04 Å². The van der Waals surface area contributed by atoms with Crippen molar-refractivity contribution >= 4 is 23.9 Å². The molecule has 154 valence electrons. The van der Waals surface area contributed by atoms with Crippen molar-refractivity contribution in [2.45, 2.75) is 44.4 Å². The summed E-state index contributed by atoms with van der Waals surface area (Å²) in [5, 5.41) is 6.16. The molecule has 0 aromatic heterocycles. The Morgan fingerprint density at radius 3 is 2.46 bits per heavy atom. The molecule has 0 N–H and O–H groups in total. The van der Waals surface area contributed by atoms with E-state index >= 15 is 0 Å². The van der Waals surface area contributed by atoms with Gasteiger partial charge in [0.15, 0.2) is 0 Å². The number of halogens is 2. The molecule has 28 heavy (non-hydrogen) atoms. The minimum Gasteiger partial charge on any atom is -0.297 e. The van der Waals surface area contributed by atoms with Crippen molar-refractivity contribution in [3.05, 3.63) is 47.5 Å². The van der Waals surface area contributed by atoms with Gasteiger partial charge in [-0.15, -0.1) is 0 Å². The molecule has 1 saturated heterocycles. The van der Waals surface area contributed by atoms with Crippen LogP contribution in [0.5, 0.6) is 0 Å². The third-order valence-electron chi connectivity index (χ3n) is 4.75. The van der Waals surface area contributed by atoms with E-state index in [9.17, 15) is 13.6 Å². The lowest BCUT2D eigenvalue weighted by atomic mass is 10.0. The average molecular weight is 410 g/mol. The van der Waals surface area contributed by atoms with Gasteiger partial charge in [0.2, 0.25) is 5.91 Å². The van der Waals surface area contributed by atoms with Gasteiger partial charge < -0.3 is 0 Å². The third kappa shape index (κ3) is 5.88. The van der Waals surface area contributed by atoms with E-state index in [0.29, 0.717) is 30.1 Å². The molecule has 1 aromatic rings. The molecule has 1 unspecified atom stereocenters. The third-order valence-corrected chi connectivity index (χ3v) is 5.72. The van der Waals surface area contributed by atoms with E-state index < -0.39 is 17.7 Å². The van der Waals surface area contributed by atoms with Crippen molar-refractivity contribution in [1.29, 1.82) is 0 Å². The normalized spacial score (nSPS) is 19.2.